The van der Waals surface area contributed by atoms with Crippen LogP contribution in [0.3, 0.4) is 0 Å². The Morgan fingerprint density at radius 3 is 2.58 bits per heavy atom. The monoisotopic (exact) mass is 506 g/mol. The number of piperidine rings is 1. The highest BCUT2D eigenvalue weighted by Crippen LogP contribution is 2.35. The summed E-state index contributed by atoms with van der Waals surface area (Å²) < 4.78 is 0. The van der Waals surface area contributed by atoms with Gasteiger partial charge in [-0.3, -0.25) is 19.5 Å². The number of allylic oxidation sites excluding steroid dienone is 3. The number of likely N-dealkylation sites (tertiary alicyclic amines) is 1. The van der Waals surface area contributed by atoms with E-state index in [1.807, 2.05) is 44.2 Å². The summed E-state index contributed by atoms with van der Waals surface area (Å²) in [6.07, 6.45) is 13.9. The van der Waals surface area contributed by atoms with E-state index in [1.54, 1.807) is 6.20 Å². The lowest BCUT2D eigenvalue weighted by atomic mass is 9.83. The van der Waals surface area contributed by atoms with E-state index >= 15 is 0 Å². The highest BCUT2D eigenvalue weighted by Gasteiger charge is 2.34. The number of hydrogen-bond acceptors (Lipinski definition) is 6. The molecule has 1 aliphatic carbocycles. The van der Waals surface area contributed by atoms with Gasteiger partial charge in [0.2, 0.25) is 0 Å². The number of Topliss-reactive ketones (excluding diaryl/α,β-unsaturated/α-hetero) is 1. The van der Waals surface area contributed by atoms with Crippen molar-refractivity contribution in [2.75, 3.05) is 18.4 Å². The van der Waals surface area contributed by atoms with Gasteiger partial charge in [-0.2, -0.15) is 0 Å². The molecule has 3 aliphatic rings. The van der Waals surface area contributed by atoms with Crippen LogP contribution >= 0.6 is 0 Å². The van der Waals surface area contributed by atoms with Gasteiger partial charge in [0.1, 0.15) is 11.6 Å². The van der Waals surface area contributed by atoms with Crippen LogP contribution in [0.1, 0.15) is 78.2 Å². The summed E-state index contributed by atoms with van der Waals surface area (Å²) >= 11 is 0. The Morgan fingerprint density at radius 2 is 1.89 bits per heavy atom. The number of nitrogens with zero attached hydrogens (tertiary/aromatic N) is 3. The van der Waals surface area contributed by atoms with E-state index in [2.05, 4.69) is 46.1 Å². The van der Waals surface area contributed by atoms with Crippen molar-refractivity contribution in [1.29, 1.82) is 0 Å². The van der Waals surface area contributed by atoms with E-state index in [1.165, 1.54) is 11.1 Å². The molecule has 0 radical (unpaired) electrons. The number of aryl methyl sites for hydroxylation is 1. The molecule has 38 heavy (non-hydrogen) atoms. The van der Waals surface area contributed by atoms with Gasteiger partial charge in [-0.05, 0) is 93.6 Å². The summed E-state index contributed by atoms with van der Waals surface area (Å²) in [6.45, 7) is 8.12. The zero-order chi connectivity index (χ0) is 26.6. The number of carbonyl (C=O) groups excluding carboxylic acids is 2. The molecule has 3 heterocycles. The average Bonchev–Trinajstić information content (AvgIpc) is 3.12. The number of carbonyl (C=O) groups is 2. The van der Waals surface area contributed by atoms with Gasteiger partial charge in [-0.15, -0.1) is 5.73 Å². The van der Waals surface area contributed by atoms with Crippen LogP contribution in [0.2, 0.25) is 0 Å². The molecule has 1 saturated carbocycles. The van der Waals surface area contributed by atoms with Crippen LogP contribution in [0.25, 0.3) is 11.6 Å². The van der Waals surface area contributed by atoms with E-state index in [0.29, 0.717) is 29.1 Å². The summed E-state index contributed by atoms with van der Waals surface area (Å²) in [5.74, 6) is 1.44. The molecule has 1 saturated heterocycles. The van der Waals surface area contributed by atoms with Crippen LogP contribution in [-0.4, -0.2) is 46.8 Å². The van der Waals surface area contributed by atoms with Crippen molar-refractivity contribution in [3.63, 3.8) is 0 Å². The minimum absolute atomic E-state index is 0.398. The fraction of sp³-hybridized carbons (Fsp3) is 0.344. The molecule has 2 fully saturated rings. The zero-order valence-corrected chi connectivity index (χ0v) is 22.3. The molecule has 6 heteroatoms. The fourth-order valence-corrected chi connectivity index (χ4v) is 5.55. The summed E-state index contributed by atoms with van der Waals surface area (Å²) in [7, 11) is 0. The van der Waals surface area contributed by atoms with E-state index in [4.69, 9.17) is 4.98 Å². The van der Waals surface area contributed by atoms with Crippen molar-refractivity contribution in [3.05, 3.63) is 82.4 Å². The topological polar surface area (TPSA) is 74.7 Å². The number of ketones is 1. The van der Waals surface area contributed by atoms with Gasteiger partial charge in [-0.1, -0.05) is 18.2 Å². The van der Waals surface area contributed by atoms with Crippen molar-refractivity contribution in [3.8, 4) is 0 Å². The zero-order valence-electron chi connectivity index (χ0n) is 22.3. The largest absolute Gasteiger partial charge is 0.340 e. The van der Waals surface area contributed by atoms with Gasteiger partial charge < -0.3 is 5.32 Å². The molecule has 2 aliphatic heterocycles. The number of hydrogen-bond donors (Lipinski definition) is 1. The number of aliphatic imine (C=N–C) groups is 1. The Labute approximate surface area is 224 Å². The van der Waals surface area contributed by atoms with Gasteiger partial charge in [0.15, 0.2) is 6.29 Å². The minimum atomic E-state index is 0.398. The maximum atomic E-state index is 12.1. The summed E-state index contributed by atoms with van der Waals surface area (Å²) in [5.41, 5.74) is 10.4. The van der Waals surface area contributed by atoms with Crippen LogP contribution in [-0.2, 0) is 4.79 Å². The number of pyridine rings is 1. The van der Waals surface area contributed by atoms with Crippen molar-refractivity contribution in [2.45, 2.75) is 58.4 Å². The third-order valence-electron chi connectivity index (χ3n) is 7.73. The Morgan fingerprint density at radius 1 is 1.11 bits per heavy atom. The molecule has 0 bridgehead atoms. The summed E-state index contributed by atoms with van der Waals surface area (Å²) in [6, 6.07) is 8.82. The lowest BCUT2D eigenvalue weighted by Gasteiger charge is -2.41. The van der Waals surface area contributed by atoms with Gasteiger partial charge in [-0.25, -0.2) is 4.98 Å². The second-order valence-electron chi connectivity index (χ2n) is 10.4. The number of nitrogens with one attached hydrogen (secondary N) is 1. The predicted molar refractivity (Wildman–Crippen MR) is 154 cm³/mol. The molecular formula is C32H34N4O2. The SMILES string of the molecule is CC=Cc1cc(C2=CN=C(C)C=C=C2)nc(Nc2ccc(C3CCN(C4CC(=O)C4)CC3)c(C)c2)c1C=O. The van der Waals surface area contributed by atoms with Crippen LogP contribution in [0.5, 0.6) is 0 Å². The molecule has 194 valence electrons. The number of benzene rings is 1. The Hall–Kier alpha value is -3.86. The van der Waals surface area contributed by atoms with E-state index in [9.17, 15) is 9.59 Å². The van der Waals surface area contributed by atoms with Gasteiger partial charge >= 0.3 is 0 Å². The molecule has 1 aromatic carbocycles. The van der Waals surface area contributed by atoms with Crippen LogP contribution in [0.4, 0.5) is 11.5 Å². The number of rotatable bonds is 7. The van der Waals surface area contributed by atoms with E-state index in [0.717, 1.165) is 73.3 Å². The van der Waals surface area contributed by atoms with E-state index < -0.39 is 0 Å². The molecule has 0 spiro atoms. The lowest BCUT2D eigenvalue weighted by Crippen LogP contribution is -2.48. The van der Waals surface area contributed by atoms with Crippen LogP contribution in [0.15, 0.2) is 59.4 Å². The molecule has 0 unspecified atom stereocenters. The molecule has 6 nitrogen and oxygen atoms in total. The average molecular weight is 507 g/mol. The molecule has 1 aromatic heterocycles. The van der Waals surface area contributed by atoms with Gasteiger partial charge in [0, 0.05) is 48.1 Å². The Balaban J connectivity index is 1.38. The fourth-order valence-electron chi connectivity index (χ4n) is 5.55. The molecule has 5 rings (SSSR count). The second-order valence-corrected chi connectivity index (χ2v) is 10.4. The maximum absolute atomic E-state index is 12.1. The van der Waals surface area contributed by atoms with E-state index in [-0.39, 0.29) is 0 Å². The van der Waals surface area contributed by atoms with Gasteiger partial charge in [0.25, 0.3) is 0 Å². The highest BCUT2D eigenvalue weighted by atomic mass is 16.1. The third-order valence-corrected chi connectivity index (χ3v) is 7.73. The molecular weight excluding hydrogens is 472 g/mol. The maximum Gasteiger partial charge on any atom is 0.154 e. The molecule has 0 amide bonds. The highest BCUT2D eigenvalue weighted by molar-refractivity contribution is 5.95. The summed E-state index contributed by atoms with van der Waals surface area (Å²) in [5, 5.41) is 3.42. The van der Waals surface area contributed by atoms with Gasteiger partial charge in [0.05, 0.1) is 11.3 Å². The number of aromatic nitrogens is 1. The molecule has 0 atom stereocenters. The third kappa shape index (κ3) is 5.52. The number of aldehydes is 1. The number of anilines is 2. The first kappa shape index (κ1) is 25.8. The first-order valence-electron chi connectivity index (χ1n) is 13.4. The normalized spacial score (nSPS) is 18.8. The standard InChI is InChI=1S/C32H34N4O2/c1-4-6-24-16-31(25-8-5-7-22(3)33-19-25)35-32(30(24)20-37)34-26-9-10-29(21(2)15-26)23-11-13-36(14-12-23)27-17-28(38)18-27/h4,6-10,15-16,19-20,23,27H,11-14,17-18H2,1-3H3,(H,34,35). The molecule has 2 aromatic rings. The lowest BCUT2D eigenvalue weighted by molar-refractivity contribution is -0.128. The van der Waals surface area contributed by atoms with Crippen molar-refractivity contribution < 1.29 is 9.59 Å². The van der Waals surface area contributed by atoms with Crippen molar-refractivity contribution >= 4 is 40.9 Å². The van der Waals surface area contributed by atoms with Crippen molar-refractivity contribution in [1.82, 2.24) is 9.88 Å². The summed E-state index contributed by atoms with van der Waals surface area (Å²) in [4.78, 5) is 35.3. The minimum Gasteiger partial charge on any atom is -0.340 e. The Bertz CT molecular complexity index is 1410. The predicted octanol–water partition coefficient (Wildman–Crippen LogP) is 6.42. The first-order valence-corrected chi connectivity index (χ1v) is 13.4. The second kappa shape index (κ2) is 11.3. The smallest absolute Gasteiger partial charge is 0.154 e. The first-order chi connectivity index (χ1) is 18.4. The quantitative estimate of drug-likeness (QED) is 0.347. The van der Waals surface area contributed by atoms with Crippen LogP contribution < -0.4 is 5.32 Å². The van der Waals surface area contributed by atoms with Crippen LogP contribution in [0, 0.1) is 6.92 Å². The molecule has 1 N–H and O–H groups in total. The Kier molecular flexibility index (Phi) is 7.64. The van der Waals surface area contributed by atoms with Crippen molar-refractivity contribution in [2.24, 2.45) is 4.99 Å².